The molecule has 2 N–H and O–H groups in total. The van der Waals surface area contributed by atoms with E-state index in [1.165, 1.54) is 31.7 Å². The van der Waals surface area contributed by atoms with Gasteiger partial charge in [-0.15, -0.1) is 0 Å². The fraction of sp³-hybridized carbons (Fsp3) is 0.562. The molecule has 3 rings (SSSR count). The van der Waals surface area contributed by atoms with E-state index in [1.807, 2.05) is 0 Å². The van der Waals surface area contributed by atoms with Gasteiger partial charge in [-0.05, 0) is 62.1 Å². The number of para-hydroxylation sites is 1. The van der Waals surface area contributed by atoms with Crippen LogP contribution in [0.4, 0.5) is 14.5 Å². The largest absolute Gasteiger partial charge is 0.320 e. The first-order chi connectivity index (χ1) is 10.1. The predicted octanol–water partition coefficient (Wildman–Crippen LogP) is 2.93. The maximum atomic E-state index is 13.4. The first-order valence-corrected chi connectivity index (χ1v) is 7.59. The number of rotatable bonds is 7. The molecule has 0 saturated heterocycles. The number of carbonyl (C=O) groups is 1. The lowest BCUT2D eigenvalue weighted by molar-refractivity contribution is -0.115. The minimum Gasteiger partial charge on any atom is -0.320 e. The van der Waals surface area contributed by atoms with Gasteiger partial charge in [-0.2, -0.15) is 0 Å². The minimum atomic E-state index is -0.753. The fourth-order valence-corrected chi connectivity index (χ4v) is 2.92. The summed E-state index contributed by atoms with van der Waals surface area (Å²) in [5.41, 5.74) is -0.370. The molecule has 0 aliphatic heterocycles. The lowest BCUT2D eigenvalue weighted by Crippen LogP contribution is -2.33. The summed E-state index contributed by atoms with van der Waals surface area (Å²) in [5, 5.41) is 5.42. The Morgan fingerprint density at radius 1 is 1.14 bits per heavy atom. The van der Waals surface area contributed by atoms with Crippen LogP contribution in [0.25, 0.3) is 0 Å². The molecule has 0 aromatic heterocycles. The summed E-state index contributed by atoms with van der Waals surface area (Å²) in [6.07, 6.45) is 5.20. The summed E-state index contributed by atoms with van der Waals surface area (Å²) in [6.45, 7) is 0.909. The van der Waals surface area contributed by atoms with Gasteiger partial charge in [-0.25, -0.2) is 8.78 Å². The highest BCUT2D eigenvalue weighted by atomic mass is 19.1. The normalized spacial score (nSPS) is 18.0. The van der Waals surface area contributed by atoms with Crippen molar-refractivity contribution in [2.45, 2.75) is 25.7 Å². The minimum absolute atomic E-state index is 0.0870. The number of hydrogen-bond donors (Lipinski definition) is 2. The average molecular weight is 294 g/mol. The molecule has 2 saturated carbocycles. The van der Waals surface area contributed by atoms with Gasteiger partial charge in [0.05, 0.1) is 6.54 Å². The highest BCUT2D eigenvalue weighted by Gasteiger charge is 2.40. The number of carbonyl (C=O) groups excluding carboxylic acids is 1. The van der Waals surface area contributed by atoms with Crippen LogP contribution in [0.15, 0.2) is 18.2 Å². The molecular formula is C16H20F2N2O. The number of amides is 1. The third kappa shape index (κ3) is 3.79. The standard InChI is InChI=1S/C16H20F2N2O/c17-13-2-1-3-14(18)16(13)20-15(21)9-19-8-12(10-4-5-10)11-6-7-11/h1-3,10-12,19H,4-9H2,(H,20,21). The molecule has 5 heteroatoms. The Balaban J connectivity index is 1.46. The van der Waals surface area contributed by atoms with E-state index in [2.05, 4.69) is 10.6 Å². The lowest BCUT2D eigenvalue weighted by Gasteiger charge is -2.16. The molecule has 2 aliphatic rings. The maximum Gasteiger partial charge on any atom is 0.238 e. The fourth-order valence-electron chi connectivity index (χ4n) is 2.92. The second-order valence-corrected chi connectivity index (χ2v) is 6.11. The van der Waals surface area contributed by atoms with Crippen LogP contribution < -0.4 is 10.6 Å². The van der Waals surface area contributed by atoms with Crippen LogP contribution in [0.1, 0.15) is 25.7 Å². The van der Waals surface area contributed by atoms with Gasteiger partial charge < -0.3 is 10.6 Å². The van der Waals surface area contributed by atoms with E-state index in [9.17, 15) is 13.6 Å². The summed E-state index contributed by atoms with van der Waals surface area (Å²) in [5.74, 6) is 0.385. The zero-order valence-corrected chi connectivity index (χ0v) is 11.9. The molecule has 1 aromatic carbocycles. The van der Waals surface area contributed by atoms with Crippen LogP contribution in [0.2, 0.25) is 0 Å². The Morgan fingerprint density at radius 3 is 2.24 bits per heavy atom. The van der Waals surface area contributed by atoms with Gasteiger partial charge in [-0.1, -0.05) is 6.07 Å². The van der Waals surface area contributed by atoms with E-state index in [-0.39, 0.29) is 12.2 Å². The molecule has 0 bridgehead atoms. The van der Waals surface area contributed by atoms with E-state index in [0.717, 1.165) is 30.5 Å². The first-order valence-electron chi connectivity index (χ1n) is 7.59. The van der Waals surface area contributed by atoms with Crippen LogP contribution in [0.3, 0.4) is 0 Å². The van der Waals surface area contributed by atoms with Gasteiger partial charge >= 0.3 is 0 Å². The van der Waals surface area contributed by atoms with Crippen molar-refractivity contribution in [1.82, 2.24) is 5.32 Å². The van der Waals surface area contributed by atoms with Crippen LogP contribution in [-0.2, 0) is 4.79 Å². The smallest absolute Gasteiger partial charge is 0.238 e. The maximum absolute atomic E-state index is 13.4. The van der Waals surface area contributed by atoms with Gasteiger partial charge in [0.15, 0.2) is 0 Å². The van der Waals surface area contributed by atoms with Crippen molar-refractivity contribution in [2.24, 2.45) is 17.8 Å². The number of halogens is 2. The Morgan fingerprint density at radius 2 is 1.71 bits per heavy atom. The molecule has 2 fully saturated rings. The van der Waals surface area contributed by atoms with Crippen molar-refractivity contribution in [1.29, 1.82) is 0 Å². The van der Waals surface area contributed by atoms with Crippen molar-refractivity contribution >= 4 is 11.6 Å². The predicted molar refractivity (Wildman–Crippen MR) is 76.8 cm³/mol. The highest BCUT2D eigenvalue weighted by molar-refractivity contribution is 5.92. The van der Waals surface area contributed by atoms with Gasteiger partial charge in [0.2, 0.25) is 5.91 Å². The average Bonchev–Trinajstić information content (AvgIpc) is 3.32. The summed E-state index contributed by atoms with van der Waals surface area (Å²) in [7, 11) is 0. The third-order valence-corrected chi connectivity index (χ3v) is 4.35. The monoisotopic (exact) mass is 294 g/mol. The van der Waals surface area contributed by atoms with Gasteiger partial charge in [-0.3, -0.25) is 4.79 Å². The summed E-state index contributed by atoms with van der Waals surface area (Å²) in [4.78, 5) is 11.8. The summed E-state index contributed by atoms with van der Waals surface area (Å²) in [6, 6.07) is 3.53. The third-order valence-electron chi connectivity index (χ3n) is 4.35. The molecule has 0 spiro atoms. The van der Waals surface area contributed by atoms with E-state index in [0.29, 0.717) is 5.92 Å². The summed E-state index contributed by atoms with van der Waals surface area (Å²) < 4.78 is 26.8. The van der Waals surface area contributed by atoms with Crippen molar-refractivity contribution < 1.29 is 13.6 Å². The molecule has 1 aromatic rings. The number of hydrogen-bond acceptors (Lipinski definition) is 2. The van der Waals surface area contributed by atoms with E-state index in [4.69, 9.17) is 0 Å². The molecule has 2 aliphatic carbocycles. The van der Waals surface area contributed by atoms with E-state index >= 15 is 0 Å². The molecule has 21 heavy (non-hydrogen) atoms. The zero-order valence-electron chi connectivity index (χ0n) is 11.9. The van der Waals surface area contributed by atoms with Crippen LogP contribution >= 0.6 is 0 Å². The number of nitrogens with one attached hydrogen (secondary N) is 2. The lowest BCUT2D eigenvalue weighted by atomic mass is 9.98. The molecule has 3 nitrogen and oxygen atoms in total. The van der Waals surface area contributed by atoms with Gasteiger partial charge in [0.1, 0.15) is 17.3 Å². The second kappa shape index (κ2) is 6.10. The van der Waals surface area contributed by atoms with Crippen molar-refractivity contribution in [2.75, 3.05) is 18.4 Å². The summed E-state index contributed by atoms with van der Waals surface area (Å²) >= 11 is 0. The van der Waals surface area contributed by atoms with Gasteiger partial charge in [0.25, 0.3) is 0 Å². The van der Waals surface area contributed by atoms with E-state index in [1.54, 1.807) is 0 Å². The van der Waals surface area contributed by atoms with Crippen molar-refractivity contribution in [3.63, 3.8) is 0 Å². The molecule has 0 atom stereocenters. The Labute approximate surface area is 123 Å². The topological polar surface area (TPSA) is 41.1 Å². The highest BCUT2D eigenvalue weighted by Crippen LogP contribution is 2.48. The molecule has 0 unspecified atom stereocenters. The Bertz CT molecular complexity index is 495. The molecule has 0 heterocycles. The Kier molecular flexibility index (Phi) is 4.19. The van der Waals surface area contributed by atoms with Gasteiger partial charge in [0, 0.05) is 0 Å². The van der Waals surface area contributed by atoms with Crippen LogP contribution in [0, 0.1) is 29.4 Å². The Hall–Kier alpha value is -1.49. The quantitative estimate of drug-likeness (QED) is 0.812. The van der Waals surface area contributed by atoms with Crippen LogP contribution in [-0.4, -0.2) is 19.0 Å². The van der Waals surface area contributed by atoms with E-state index < -0.39 is 17.5 Å². The number of benzene rings is 1. The van der Waals surface area contributed by atoms with Crippen LogP contribution in [0.5, 0.6) is 0 Å². The number of anilines is 1. The second-order valence-electron chi connectivity index (χ2n) is 6.11. The first kappa shape index (κ1) is 14.4. The molecule has 0 radical (unpaired) electrons. The van der Waals surface area contributed by atoms with Crippen molar-refractivity contribution in [3.8, 4) is 0 Å². The molecule has 114 valence electrons. The van der Waals surface area contributed by atoms with Crippen molar-refractivity contribution in [3.05, 3.63) is 29.8 Å². The molecule has 1 amide bonds. The SMILES string of the molecule is O=C(CNCC(C1CC1)C1CC1)Nc1c(F)cccc1F. The molecular weight excluding hydrogens is 274 g/mol. The zero-order chi connectivity index (χ0) is 14.8.